The molecule has 0 bridgehead atoms. The largest absolute Gasteiger partial charge is 0.497 e. The lowest BCUT2D eigenvalue weighted by Gasteiger charge is -2.21. The first kappa shape index (κ1) is 69.5. The Morgan fingerprint density at radius 1 is 0.515 bits per heavy atom. The number of H-pyrrole nitrogens is 1. The molecule has 0 fully saturated rings. The number of amides is 4. The molecule has 5 N–H and O–H groups in total. The average Bonchev–Trinajstić information content (AvgIpc) is 1.75. The van der Waals surface area contributed by atoms with E-state index in [2.05, 4.69) is 35.9 Å². The van der Waals surface area contributed by atoms with E-state index in [9.17, 15) is 65.3 Å². The van der Waals surface area contributed by atoms with Gasteiger partial charge in [0, 0.05) is 99.1 Å². The number of alkyl halides is 6. The second-order valence-electron chi connectivity index (χ2n) is 23.0. The molecule has 0 aliphatic rings. The summed E-state index contributed by atoms with van der Waals surface area (Å²) in [5.41, 5.74) is 4.54. The molecule has 0 atom stereocenters. The third-order valence-corrected chi connectivity index (χ3v) is 16.0. The Kier molecular flexibility index (Phi) is 20.5. The molecule has 0 aliphatic heterocycles. The first-order valence-electron chi connectivity index (χ1n) is 30.6. The van der Waals surface area contributed by atoms with E-state index in [1.54, 1.807) is 48.5 Å². The van der Waals surface area contributed by atoms with Gasteiger partial charge in [-0.15, -0.1) is 0 Å². The number of aromatic amines is 1. The van der Waals surface area contributed by atoms with Crippen molar-refractivity contribution in [2.75, 3.05) is 37.9 Å². The number of carboxylic acid groups (broad SMARTS) is 2. The lowest BCUT2D eigenvalue weighted by Crippen LogP contribution is -2.35. The molecule has 0 spiro atoms. The Morgan fingerprint density at radius 2 is 0.941 bits per heavy atom. The quantitative estimate of drug-likeness (QED) is 0.0394. The molecule has 0 radical (unpaired) electrons. The van der Waals surface area contributed by atoms with Crippen molar-refractivity contribution in [2.24, 2.45) is 7.05 Å². The van der Waals surface area contributed by atoms with E-state index < -0.39 is 85.0 Å². The number of hydrogen-bond acceptors (Lipinski definition) is 14. The summed E-state index contributed by atoms with van der Waals surface area (Å²) in [6, 6.07) is 47.3. The lowest BCUT2D eigenvalue weighted by molar-refractivity contribution is -0.139. The number of aryl methyl sites for hydroxylation is 1. The summed E-state index contributed by atoms with van der Waals surface area (Å²) in [4.78, 5) is 89.8. The molecule has 514 valence electrons. The van der Waals surface area contributed by atoms with E-state index in [1.165, 1.54) is 87.0 Å². The van der Waals surface area contributed by atoms with Gasteiger partial charge < -0.3 is 58.7 Å². The number of carboxylic acids is 2. The van der Waals surface area contributed by atoms with E-state index >= 15 is 0 Å². The van der Waals surface area contributed by atoms with Crippen molar-refractivity contribution in [2.45, 2.75) is 38.3 Å². The van der Waals surface area contributed by atoms with E-state index in [0.717, 1.165) is 54.9 Å². The number of rotatable bonds is 22. The summed E-state index contributed by atoms with van der Waals surface area (Å²) in [5, 5.41) is 34.3. The van der Waals surface area contributed by atoms with Crippen LogP contribution in [0.5, 0.6) is 11.5 Å². The molecule has 0 unspecified atom stereocenters. The number of aliphatic carboxylic acids is 2. The summed E-state index contributed by atoms with van der Waals surface area (Å²) >= 11 is 0. The van der Waals surface area contributed by atoms with Crippen LogP contribution in [0.2, 0.25) is 0 Å². The van der Waals surface area contributed by atoms with Gasteiger partial charge in [0.25, 0.3) is 23.6 Å². The summed E-state index contributed by atoms with van der Waals surface area (Å²) in [6.45, 7) is -1.21. The Balaban J connectivity index is 0.000000203. The zero-order valence-corrected chi connectivity index (χ0v) is 53.6. The zero-order chi connectivity index (χ0) is 71.7. The third kappa shape index (κ3) is 17.1. The van der Waals surface area contributed by atoms with Crippen LogP contribution in [0.1, 0.15) is 54.1 Å². The minimum atomic E-state index is -4.69. The molecule has 4 aromatic heterocycles. The van der Waals surface area contributed by atoms with Gasteiger partial charge in [0.15, 0.2) is 0 Å². The third-order valence-electron chi connectivity index (χ3n) is 16.0. The molecule has 0 saturated heterocycles. The highest BCUT2D eigenvalue weighted by Gasteiger charge is 2.36. The summed E-state index contributed by atoms with van der Waals surface area (Å²) in [7, 11) is 4.45. The van der Waals surface area contributed by atoms with Crippen LogP contribution in [0, 0.1) is 0 Å². The lowest BCUT2D eigenvalue weighted by atomic mass is 10.0. The van der Waals surface area contributed by atoms with Gasteiger partial charge in [-0.3, -0.25) is 28.8 Å². The SMILES string of the molecule is COc1ccc(CC(=O)Nc2ccc(C(=O)N(CC(=O)O)Cc3ccc(-c4noc(-c5ccc6[nH]ccc6c5)n4)cc3)cc2)c(C(F)(F)F)c1.COc1ccc(CC(=O)Nc2ccc(C(=O)N(CC(=O)O)Cc3ccc(-c4noc(-c5ccc6c(ccn6C)c5)n4)cc3)cc2)c(C(F)(F)F)c1. The Hall–Kier alpha value is -12.9. The van der Waals surface area contributed by atoms with Crippen molar-refractivity contribution in [3.63, 3.8) is 0 Å². The minimum Gasteiger partial charge on any atom is -0.497 e. The smallest absolute Gasteiger partial charge is 0.416 e. The predicted octanol–water partition coefficient (Wildman–Crippen LogP) is 13.7. The second kappa shape index (κ2) is 29.9. The molecule has 0 saturated carbocycles. The van der Waals surface area contributed by atoms with Crippen molar-refractivity contribution in [1.29, 1.82) is 0 Å². The fourth-order valence-electron chi connectivity index (χ4n) is 10.9. The number of nitrogens with zero attached hydrogens (tertiary/aromatic N) is 7. The number of aromatic nitrogens is 6. The van der Waals surface area contributed by atoms with Gasteiger partial charge in [0.05, 0.1) is 38.2 Å². The molecule has 22 nitrogen and oxygen atoms in total. The number of carbonyl (C=O) groups excluding carboxylic acids is 4. The molecule has 4 heterocycles. The maximum Gasteiger partial charge on any atom is 0.416 e. The highest BCUT2D eigenvalue weighted by molar-refractivity contribution is 5.99. The fraction of sp³-hybridized carbons (Fsp3) is 0.151. The zero-order valence-electron chi connectivity index (χ0n) is 53.6. The van der Waals surface area contributed by atoms with Crippen molar-refractivity contribution in [1.82, 2.24) is 39.6 Å². The maximum absolute atomic E-state index is 13.6. The van der Waals surface area contributed by atoms with E-state index in [1.807, 2.05) is 72.5 Å². The number of methoxy groups -OCH3 is 2. The normalized spacial score (nSPS) is 11.4. The molecule has 101 heavy (non-hydrogen) atoms. The summed E-state index contributed by atoms with van der Waals surface area (Å²) in [6.07, 6.45) is -6.67. The van der Waals surface area contributed by atoms with E-state index in [4.69, 9.17) is 18.5 Å². The van der Waals surface area contributed by atoms with Gasteiger partial charge in [-0.25, -0.2) is 0 Å². The van der Waals surface area contributed by atoms with Gasteiger partial charge in [0.1, 0.15) is 24.6 Å². The molecule has 28 heteroatoms. The average molecular weight is 1380 g/mol. The van der Waals surface area contributed by atoms with Crippen molar-refractivity contribution in [3.8, 4) is 57.2 Å². The molecule has 8 aromatic carbocycles. The van der Waals surface area contributed by atoms with Gasteiger partial charge >= 0.3 is 24.3 Å². The molecule has 12 rings (SSSR count). The fourth-order valence-corrected chi connectivity index (χ4v) is 10.9. The van der Waals surface area contributed by atoms with Crippen LogP contribution >= 0.6 is 0 Å². The van der Waals surface area contributed by atoms with E-state index in [-0.39, 0.29) is 58.2 Å². The van der Waals surface area contributed by atoms with Crippen LogP contribution < -0.4 is 20.1 Å². The topological polar surface area (TPSA) is 290 Å². The number of fused-ring (bicyclic) bond motifs is 2. The predicted molar refractivity (Wildman–Crippen MR) is 357 cm³/mol. The van der Waals surface area contributed by atoms with Crippen LogP contribution in [0.15, 0.2) is 203 Å². The highest BCUT2D eigenvalue weighted by atomic mass is 19.4. The molecule has 12 aromatic rings. The van der Waals surface area contributed by atoms with Gasteiger partial charge in [-0.2, -0.15) is 36.3 Å². The first-order chi connectivity index (χ1) is 48.3. The monoisotopic (exact) mass is 1380 g/mol. The number of anilines is 2. The van der Waals surface area contributed by atoms with Crippen molar-refractivity contribution in [3.05, 3.63) is 239 Å². The van der Waals surface area contributed by atoms with Crippen LogP contribution in [0.4, 0.5) is 37.7 Å². The highest BCUT2D eigenvalue weighted by Crippen LogP contribution is 2.37. The number of carbonyl (C=O) groups is 6. The number of hydrogen-bond donors (Lipinski definition) is 5. The Labute approximate surface area is 569 Å². The van der Waals surface area contributed by atoms with Crippen LogP contribution in [-0.2, 0) is 64.5 Å². The van der Waals surface area contributed by atoms with Gasteiger partial charge in [-0.1, -0.05) is 71.0 Å². The van der Waals surface area contributed by atoms with Crippen molar-refractivity contribution >= 4 is 68.7 Å². The second-order valence-corrected chi connectivity index (χ2v) is 23.0. The Morgan fingerprint density at radius 3 is 1.37 bits per heavy atom. The standard InChI is InChI=1S/C37H30F3N5O6.C36H28F3N5O6/c1-44-16-15-26-17-27(10-14-31(26)44)35-42-34(43-51-35)23-5-3-22(4-6-23)20-45(21-33(47)48)36(49)24-7-11-28(12-8-24)41-32(46)18-25-9-13-29(50-2)19-30(25)37(38,39)40;1-49-28-12-8-24(29(18-28)36(37,38)39)17-31(45)41-27-10-6-23(7-11-27)35(48)44(20-32(46)47)19-21-2-4-22(5-3-21)33-42-34(50-43-33)26-9-13-30-25(16-26)14-15-40-30/h3-17,19H,18,20-21H2,1-2H3,(H,41,46)(H,47,48);2-16,18,40H,17,19-20H2,1H3,(H,41,45)(H,46,47). The summed E-state index contributed by atoms with van der Waals surface area (Å²) < 4.78 is 104. The van der Waals surface area contributed by atoms with Crippen LogP contribution in [0.25, 0.3) is 67.5 Å². The molecule has 0 aliphatic carbocycles. The Bertz CT molecular complexity index is 5030. The van der Waals surface area contributed by atoms with Crippen molar-refractivity contribution < 1.29 is 83.8 Å². The molecule has 4 amide bonds. The number of halogens is 6. The number of benzene rings is 8. The molecular weight excluding hydrogens is 1320 g/mol. The first-order valence-corrected chi connectivity index (χ1v) is 30.6. The van der Waals surface area contributed by atoms with Crippen LogP contribution in [0.3, 0.4) is 0 Å². The van der Waals surface area contributed by atoms with Crippen LogP contribution in [-0.4, -0.2) is 113 Å². The maximum atomic E-state index is 13.6. The van der Waals surface area contributed by atoms with Gasteiger partial charge in [0.2, 0.25) is 23.5 Å². The minimum absolute atomic E-state index is 0.0101. The van der Waals surface area contributed by atoms with Gasteiger partial charge in [-0.05, 0) is 144 Å². The summed E-state index contributed by atoms with van der Waals surface area (Å²) in [5.74, 6) is -3.54. The number of ether oxygens (including phenoxy) is 2. The molecular formula is C73H58F6N10O12. The van der Waals surface area contributed by atoms with E-state index in [0.29, 0.717) is 45.7 Å². The number of nitrogens with one attached hydrogen (secondary N) is 3.